The average molecular weight is 184 g/mol. The molecule has 3 N–H and O–H groups in total. The molecule has 78 valence electrons. The minimum absolute atomic E-state index is 0.516. The van der Waals surface area contributed by atoms with E-state index in [2.05, 4.69) is 26.2 Å². The lowest BCUT2D eigenvalue weighted by atomic mass is 9.76. The van der Waals surface area contributed by atoms with Gasteiger partial charge in [0.25, 0.3) is 0 Å². The lowest BCUT2D eigenvalue weighted by Crippen LogP contribution is -2.45. The predicted octanol–water partition coefficient (Wildman–Crippen LogP) is 2.30. The molecule has 3 atom stereocenters. The molecule has 0 bridgehead atoms. The maximum Gasteiger partial charge on any atom is 0.0261 e. The first-order valence-electron chi connectivity index (χ1n) is 5.61. The molecule has 13 heavy (non-hydrogen) atoms. The van der Waals surface area contributed by atoms with E-state index in [0.29, 0.717) is 12.0 Å². The lowest BCUT2D eigenvalue weighted by molar-refractivity contribution is 0.190. The summed E-state index contributed by atoms with van der Waals surface area (Å²) in [4.78, 5) is 0. The second kappa shape index (κ2) is 4.97. The Labute approximate surface area is 82.2 Å². The summed E-state index contributed by atoms with van der Waals surface area (Å²) in [5.41, 5.74) is 2.99. The molecule has 2 nitrogen and oxygen atoms in total. The van der Waals surface area contributed by atoms with Gasteiger partial charge < -0.3 is 0 Å². The molecule has 1 aliphatic rings. The minimum Gasteiger partial charge on any atom is -0.271 e. The van der Waals surface area contributed by atoms with Crippen molar-refractivity contribution in [1.29, 1.82) is 0 Å². The molecule has 2 heteroatoms. The largest absolute Gasteiger partial charge is 0.271 e. The molecule has 3 unspecified atom stereocenters. The van der Waals surface area contributed by atoms with E-state index in [4.69, 9.17) is 5.84 Å². The van der Waals surface area contributed by atoms with Gasteiger partial charge in [-0.15, -0.1) is 0 Å². The van der Waals surface area contributed by atoms with Crippen LogP contribution in [0.15, 0.2) is 0 Å². The van der Waals surface area contributed by atoms with Crippen LogP contribution < -0.4 is 11.3 Å². The number of hydrazine groups is 1. The Bertz CT molecular complexity index is 145. The number of nitrogens with two attached hydrogens (primary N) is 1. The Morgan fingerprint density at radius 2 is 2.00 bits per heavy atom. The van der Waals surface area contributed by atoms with Crippen LogP contribution in [-0.4, -0.2) is 6.04 Å². The van der Waals surface area contributed by atoms with Crippen LogP contribution in [0, 0.1) is 17.8 Å². The maximum atomic E-state index is 5.60. The third kappa shape index (κ3) is 2.96. The van der Waals surface area contributed by atoms with Crippen molar-refractivity contribution in [3.8, 4) is 0 Å². The molecule has 0 aromatic heterocycles. The highest BCUT2D eigenvalue weighted by Gasteiger charge is 2.27. The van der Waals surface area contributed by atoms with Crippen LogP contribution in [0.5, 0.6) is 0 Å². The molecule has 0 spiro atoms. The minimum atomic E-state index is 0.516. The van der Waals surface area contributed by atoms with Crippen LogP contribution >= 0.6 is 0 Å². The molecule has 0 amide bonds. The van der Waals surface area contributed by atoms with E-state index in [1.165, 1.54) is 25.7 Å². The van der Waals surface area contributed by atoms with E-state index >= 15 is 0 Å². The van der Waals surface area contributed by atoms with Crippen molar-refractivity contribution >= 4 is 0 Å². The Hall–Kier alpha value is -0.0800. The number of rotatable bonds is 3. The van der Waals surface area contributed by atoms with Crippen LogP contribution in [0.1, 0.15) is 46.5 Å². The standard InChI is InChI=1S/C11H24N2/c1-8(2)11(13-12)10-6-4-5-9(3)7-10/h8-11,13H,4-7,12H2,1-3H3. The number of nitrogens with one attached hydrogen (secondary N) is 1. The third-order valence-corrected chi connectivity index (χ3v) is 3.40. The average Bonchev–Trinajstić information content (AvgIpc) is 2.04. The number of hydrogen-bond acceptors (Lipinski definition) is 2. The van der Waals surface area contributed by atoms with E-state index in [1.807, 2.05) is 0 Å². The molecule has 0 heterocycles. The summed E-state index contributed by atoms with van der Waals surface area (Å²) in [6.07, 6.45) is 5.51. The van der Waals surface area contributed by atoms with Gasteiger partial charge in [0, 0.05) is 6.04 Å². The van der Waals surface area contributed by atoms with Crippen molar-refractivity contribution in [1.82, 2.24) is 5.43 Å². The topological polar surface area (TPSA) is 38.0 Å². The van der Waals surface area contributed by atoms with Gasteiger partial charge in [-0.25, -0.2) is 0 Å². The molecular weight excluding hydrogens is 160 g/mol. The maximum absolute atomic E-state index is 5.60. The molecule has 1 aliphatic carbocycles. The van der Waals surface area contributed by atoms with Crippen molar-refractivity contribution in [3.05, 3.63) is 0 Å². The van der Waals surface area contributed by atoms with Crippen LogP contribution in [0.25, 0.3) is 0 Å². The molecule has 0 aliphatic heterocycles. The van der Waals surface area contributed by atoms with Gasteiger partial charge in [0.1, 0.15) is 0 Å². The summed E-state index contributed by atoms with van der Waals surface area (Å²) in [5, 5.41) is 0. The van der Waals surface area contributed by atoms with Crippen molar-refractivity contribution in [3.63, 3.8) is 0 Å². The van der Waals surface area contributed by atoms with E-state index in [1.54, 1.807) is 0 Å². The first-order valence-corrected chi connectivity index (χ1v) is 5.61. The van der Waals surface area contributed by atoms with E-state index in [9.17, 15) is 0 Å². The molecule has 0 saturated heterocycles. The molecule has 0 radical (unpaired) electrons. The highest BCUT2D eigenvalue weighted by atomic mass is 15.2. The number of hydrogen-bond donors (Lipinski definition) is 2. The van der Waals surface area contributed by atoms with Gasteiger partial charge in [-0.1, -0.05) is 33.6 Å². The van der Waals surface area contributed by atoms with Gasteiger partial charge in [-0.05, 0) is 30.6 Å². The Morgan fingerprint density at radius 3 is 2.46 bits per heavy atom. The summed E-state index contributed by atoms with van der Waals surface area (Å²) in [6, 6.07) is 0.516. The van der Waals surface area contributed by atoms with Crippen molar-refractivity contribution in [2.45, 2.75) is 52.5 Å². The second-order valence-electron chi connectivity index (χ2n) is 4.97. The van der Waals surface area contributed by atoms with E-state index in [-0.39, 0.29) is 0 Å². The van der Waals surface area contributed by atoms with Crippen LogP contribution in [0.3, 0.4) is 0 Å². The quantitative estimate of drug-likeness (QED) is 0.522. The molecular formula is C11H24N2. The summed E-state index contributed by atoms with van der Waals surface area (Å²) >= 11 is 0. The first-order chi connectivity index (χ1) is 6.15. The fourth-order valence-corrected chi connectivity index (χ4v) is 2.68. The first kappa shape index (κ1) is 11.0. The monoisotopic (exact) mass is 184 g/mol. The van der Waals surface area contributed by atoms with E-state index < -0.39 is 0 Å². The normalized spacial score (nSPS) is 32.1. The summed E-state index contributed by atoms with van der Waals surface area (Å²) in [6.45, 7) is 6.87. The van der Waals surface area contributed by atoms with Gasteiger partial charge in [0.2, 0.25) is 0 Å². The molecule has 0 aromatic carbocycles. The Balaban J connectivity index is 2.47. The van der Waals surface area contributed by atoms with Crippen LogP contribution in [-0.2, 0) is 0 Å². The highest BCUT2D eigenvalue weighted by molar-refractivity contribution is 4.81. The molecule has 1 fully saturated rings. The van der Waals surface area contributed by atoms with Gasteiger partial charge in [-0.3, -0.25) is 11.3 Å². The van der Waals surface area contributed by atoms with E-state index in [0.717, 1.165) is 11.8 Å². The smallest absolute Gasteiger partial charge is 0.0261 e. The zero-order chi connectivity index (χ0) is 9.84. The van der Waals surface area contributed by atoms with Crippen LogP contribution in [0.4, 0.5) is 0 Å². The van der Waals surface area contributed by atoms with Crippen molar-refractivity contribution < 1.29 is 0 Å². The third-order valence-electron chi connectivity index (χ3n) is 3.40. The summed E-state index contributed by atoms with van der Waals surface area (Å²) < 4.78 is 0. The SMILES string of the molecule is CC1CCCC(C(NN)C(C)C)C1. The van der Waals surface area contributed by atoms with Crippen molar-refractivity contribution in [2.75, 3.05) is 0 Å². The summed E-state index contributed by atoms with van der Waals surface area (Å²) in [5.74, 6) is 7.95. The zero-order valence-corrected chi connectivity index (χ0v) is 9.22. The highest BCUT2D eigenvalue weighted by Crippen LogP contribution is 2.32. The fraction of sp³-hybridized carbons (Fsp3) is 1.00. The fourth-order valence-electron chi connectivity index (χ4n) is 2.68. The second-order valence-corrected chi connectivity index (χ2v) is 4.97. The molecule has 1 saturated carbocycles. The van der Waals surface area contributed by atoms with Crippen molar-refractivity contribution in [2.24, 2.45) is 23.6 Å². The lowest BCUT2D eigenvalue weighted by Gasteiger charge is -2.35. The summed E-state index contributed by atoms with van der Waals surface area (Å²) in [7, 11) is 0. The molecule has 1 rings (SSSR count). The van der Waals surface area contributed by atoms with Gasteiger partial charge >= 0.3 is 0 Å². The Morgan fingerprint density at radius 1 is 1.31 bits per heavy atom. The Kier molecular flexibility index (Phi) is 4.20. The van der Waals surface area contributed by atoms with Gasteiger partial charge in [0.15, 0.2) is 0 Å². The molecule has 0 aromatic rings. The van der Waals surface area contributed by atoms with Crippen LogP contribution in [0.2, 0.25) is 0 Å². The zero-order valence-electron chi connectivity index (χ0n) is 9.22. The van der Waals surface area contributed by atoms with Gasteiger partial charge in [-0.2, -0.15) is 0 Å². The predicted molar refractivity (Wildman–Crippen MR) is 57.1 cm³/mol. The van der Waals surface area contributed by atoms with Gasteiger partial charge in [0.05, 0.1) is 0 Å².